The van der Waals surface area contributed by atoms with Gasteiger partial charge in [0.15, 0.2) is 5.78 Å². The second-order valence-corrected chi connectivity index (χ2v) is 2.55. The van der Waals surface area contributed by atoms with Crippen LogP contribution in [0, 0.1) is 0 Å². The van der Waals surface area contributed by atoms with Crippen LogP contribution in [0.1, 0.15) is 26.2 Å². The lowest BCUT2D eigenvalue weighted by Crippen LogP contribution is -2.28. The van der Waals surface area contributed by atoms with E-state index in [1.54, 1.807) is 6.92 Å². The highest BCUT2D eigenvalue weighted by atomic mass is 16.3. The molecule has 1 rings (SSSR count). The molecule has 46 valence electrons. The molecule has 0 aromatic carbocycles. The molecule has 1 N–H and O–H groups in total. The number of hydrogen-bond acceptors (Lipinski definition) is 2. The van der Waals surface area contributed by atoms with Crippen molar-refractivity contribution in [3.8, 4) is 0 Å². The van der Waals surface area contributed by atoms with Crippen molar-refractivity contribution in [2.24, 2.45) is 0 Å². The van der Waals surface area contributed by atoms with Crippen LogP contribution < -0.4 is 0 Å². The minimum absolute atomic E-state index is 0.00231. The Kier molecular flexibility index (Phi) is 1.12. The zero-order chi connectivity index (χ0) is 6.20. The van der Waals surface area contributed by atoms with E-state index in [2.05, 4.69) is 0 Å². The van der Waals surface area contributed by atoms with Crippen LogP contribution in [0.2, 0.25) is 0 Å². The van der Waals surface area contributed by atoms with Crippen molar-refractivity contribution in [1.29, 1.82) is 0 Å². The van der Waals surface area contributed by atoms with Gasteiger partial charge in [0.1, 0.15) is 5.60 Å². The largest absolute Gasteiger partial charge is 0.382 e. The normalized spacial score (nSPS) is 38.5. The maximum absolute atomic E-state index is 10.6. The van der Waals surface area contributed by atoms with Gasteiger partial charge in [-0.3, -0.25) is 4.79 Å². The Labute approximate surface area is 48.5 Å². The number of hydrogen-bond donors (Lipinski definition) is 1. The van der Waals surface area contributed by atoms with Crippen LogP contribution >= 0.6 is 0 Å². The third-order valence-electron chi connectivity index (χ3n) is 1.67. The number of ketones is 1. The number of Topliss-reactive ketones (excluding diaryl/α,β-unsaturated/α-hetero) is 1. The lowest BCUT2D eigenvalue weighted by atomic mass is 10.1. The van der Waals surface area contributed by atoms with Gasteiger partial charge in [0.2, 0.25) is 0 Å². The van der Waals surface area contributed by atoms with Crippen LogP contribution in [-0.4, -0.2) is 16.5 Å². The maximum atomic E-state index is 10.6. The van der Waals surface area contributed by atoms with Crippen molar-refractivity contribution >= 4 is 5.78 Å². The first-order valence-corrected chi connectivity index (χ1v) is 2.88. The zero-order valence-corrected chi connectivity index (χ0v) is 4.98. The summed E-state index contributed by atoms with van der Waals surface area (Å²) in [5.74, 6) is -0.00231. The molecule has 0 saturated heterocycles. The first-order chi connectivity index (χ1) is 3.63. The molecular formula is C6H10O2. The van der Waals surface area contributed by atoms with Crippen molar-refractivity contribution in [2.75, 3.05) is 0 Å². The molecular weight excluding hydrogens is 104 g/mol. The average Bonchev–Trinajstić information content (AvgIpc) is 1.86. The van der Waals surface area contributed by atoms with Crippen molar-refractivity contribution in [1.82, 2.24) is 0 Å². The molecule has 0 radical (unpaired) electrons. The van der Waals surface area contributed by atoms with Gasteiger partial charge in [0.05, 0.1) is 0 Å². The highest BCUT2D eigenvalue weighted by Gasteiger charge is 2.34. The standard InChI is InChI=1S/C6H10O2/c1-6(8)4-2-3-5(6)7/h8H,2-4H2,1H3/t6-/m0/s1. The van der Waals surface area contributed by atoms with Gasteiger partial charge >= 0.3 is 0 Å². The van der Waals surface area contributed by atoms with E-state index in [-0.39, 0.29) is 5.78 Å². The van der Waals surface area contributed by atoms with Gasteiger partial charge < -0.3 is 5.11 Å². The van der Waals surface area contributed by atoms with E-state index < -0.39 is 5.60 Å². The SMILES string of the molecule is C[C@]1(O)CCCC1=O. The van der Waals surface area contributed by atoms with E-state index in [4.69, 9.17) is 5.11 Å². The topological polar surface area (TPSA) is 37.3 Å². The number of aliphatic hydroxyl groups is 1. The summed E-state index contributed by atoms with van der Waals surface area (Å²) in [6, 6.07) is 0. The van der Waals surface area contributed by atoms with Crippen LogP contribution in [-0.2, 0) is 4.79 Å². The molecule has 2 nitrogen and oxygen atoms in total. The van der Waals surface area contributed by atoms with Crippen molar-refractivity contribution in [2.45, 2.75) is 31.8 Å². The zero-order valence-electron chi connectivity index (χ0n) is 4.98. The molecule has 0 aromatic rings. The molecule has 1 aliphatic carbocycles. The first kappa shape index (κ1) is 5.76. The summed E-state index contributed by atoms with van der Waals surface area (Å²) in [5.41, 5.74) is -0.986. The third kappa shape index (κ3) is 0.757. The molecule has 0 unspecified atom stereocenters. The Morgan fingerprint density at radius 2 is 2.38 bits per heavy atom. The fourth-order valence-corrected chi connectivity index (χ4v) is 1.00. The van der Waals surface area contributed by atoms with E-state index in [0.717, 1.165) is 6.42 Å². The molecule has 2 heteroatoms. The smallest absolute Gasteiger partial charge is 0.164 e. The predicted molar refractivity (Wildman–Crippen MR) is 29.5 cm³/mol. The molecule has 0 amide bonds. The molecule has 1 fully saturated rings. The minimum atomic E-state index is -0.986. The summed E-state index contributed by atoms with van der Waals surface area (Å²) in [7, 11) is 0. The van der Waals surface area contributed by atoms with E-state index >= 15 is 0 Å². The third-order valence-corrected chi connectivity index (χ3v) is 1.67. The van der Waals surface area contributed by atoms with Gasteiger partial charge in [-0.2, -0.15) is 0 Å². The summed E-state index contributed by atoms with van der Waals surface area (Å²) in [5, 5.41) is 9.11. The summed E-state index contributed by atoms with van der Waals surface area (Å²) >= 11 is 0. The summed E-state index contributed by atoms with van der Waals surface area (Å²) in [6.45, 7) is 1.59. The monoisotopic (exact) mass is 114 g/mol. The lowest BCUT2D eigenvalue weighted by Gasteiger charge is -2.11. The molecule has 8 heavy (non-hydrogen) atoms. The van der Waals surface area contributed by atoms with Gasteiger partial charge in [-0.15, -0.1) is 0 Å². The fourth-order valence-electron chi connectivity index (χ4n) is 1.00. The molecule has 0 bridgehead atoms. The highest BCUT2D eigenvalue weighted by molar-refractivity contribution is 5.88. The maximum Gasteiger partial charge on any atom is 0.164 e. The predicted octanol–water partition coefficient (Wildman–Crippen LogP) is 0.490. The van der Waals surface area contributed by atoms with Crippen LogP contribution in [0.4, 0.5) is 0 Å². The Bertz CT molecular complexity index is 116. The molecule has 1 saturated carbocycles. The first-order valence-electron chi connectivity index (χ1n) is 2.88. The van der Waals surface area contributed by atoms with Gasteiger partial charge in [-0.25, -0.2) is 0 Å². The Morgan fingerprint density at radius 3 is 2.50 bits per heavy atom. The molecule has 0 aromatic heterocycles. The molecule has 1 atom stereocenters. The van der Waals surface area contributed by atoms with Gasteiger partial charge in [0.25, 0.3) is 0 Å². The average molecular weight is 114 g/mol. The minimum Gasteiger partial charge on any atom is -0.382 e. The number of rotatable bonds is 0. The second-order valence-electron chi connectivity index (χ2n) is 2.55. The van der Waals surface area contributed by atoms with E-state index in [1.165, 1.54) is 0 Å². The van der Waals surface area contributed by atoms with Gasteiger partial charge in [-0.1, -0.05) is 0 Å². The van der Waals surface area contributed by atoms with Crippen molar-refractivity contribution < 1.29 is 9.90 Å². The second kappa shape index (κ2) is 1.55. The highest BCUT2D eigenvalue weighted by Crippen LogP contribution is 2.24. The Morgan fingerprint density at radius 1 is 1.75 bits per heavy atom. The van der Waals surface area contributed by atoms with Gasteiger partial charge in [0, 0.05) is 6.42 Å². The summed E-state index contributed by atoms with van der Waals surface area (Å²) in [6.07, 6.45) is 2.06. The van der Waals surface area contributed by atoms with Crippen molar-refractivity contribution in [3.05, 3.63) is 0 Å². The Balaban J connectivity index is 2.68. The molecule has 0 spiro atoms. The van der Waals surface area contributed by atoms with Crippen LogP contribution in [0.25, 0.3) is 0 Å². The lowest BCUT2D eigenvalue weighted by molar-refractivity contribution is -0.131. The van der Waals surface area contributed by atoms with E-state index in [0.29, 0.717) is 12.8 Å². The molecule has 0 heterocycles. The van der Waals surface area contributed by atoms with E-state index in [9.17, 15) is 4.79 Å². The van der Waals surface area contributed by atoms with Crippen molar-refractivity contribution in [3.63, 3.8) is 0 Å². The fraction of sp³-hybridized carbons (Fsp3) is 0.833. The van der Waals surface area contributed by atoms with Crippen LogP contribution in [0.15, 0.2) is 0 Å². The van der Waals surface area contributed by atoms with Crippen LogP contribution in [0.3, 0.4) is 0 Å². The number of carbonyl (C=O) groups is 1. The summed E-state index contributed by atoms with van der Waals surface area (Å²) in [4.78, 5) is 10.6. The molecule has 0 aliphatic heterocycles. The summed E-state index contributed by atoms with van der Waals surface area (Å²) < 4.78 is 0. The van der Waals surface area contributed by atoms with E-state index in [1.807, 2.05) is 0 Å². The van der Waals surface area contributed by atoms with Gasteiger partial charge in [-0.05, 0) is 19.8 Å². The number of carbonyl (C=O) groups excluding carboxylic acids is 1. The molecule has 1 aliphatic rings. The van der Waals surface area contributed by atoms with Crippen LogP contribution in [0.5, 0.6) is 0 Å². The quantitative estimate of drug-likeness (QED) is 0.497. The Hall–Kier alpha value is -0.370.